The summed E-state index contributed by atoms with van der Waals surface area (Å²) in [6.45, 7) is 6.94. The van der Waals surface area contributed by atoms with Gasteiger partial charge >= 0.3 is 6.09 Å². The fraction of sp³-hybridized carbons (Fsp3) is 0.417. The monoisotopic (exact) mass is 524 g/mol. The van der Waals surface area contributed by atoms with Gasteiger partial charge in [0.05, 0.1) is 10.6 Å². The number of rotatable bonds is 8. The van der Waals surface area contributed by atoms with Gasteiger partial charge in [0.25, 0.3) is 17.4 Å². The lowest BCUT2D eigenvalue weighted by Gasteiger charge is -2.24. The Morgan fingerprint density at radius 1 is 1.19 bits per heavy atom. The number of pyridine rings is 1. The first-order chi connectivity index (χ1) is 16.7. The van der Waals surface area contributed by atoms with Crippen LogP contribution in [0.15, 0.2) is 23.0 Å². The molecule has 0 aliphatic carbocycles. The standard InChI is InChI=1S/C24H30ClFN4O6/c1-6-14-17(20(32)28-12-13-7-8-16(26)15(25)11-13)19(31)22(34)29-18(14)21(33)27-9-10-30(5)23(35)36-24(2,3)4/h7-8,11,31H,6,9-10,12H2,1-5H3,(H,27,33)(H,28,32)(H,29,34). The average molecular weight is 525 g/mol. The highest BCUT2D eigenvalue weighted by Crippen LogP contribution is 2.21. The quantitative estimate of drug-likeness (QED) is 0.418. The highest BCUT2D eigenvalue weighted by molar-refractivity contribution is 6.30. The summed E-state index contributed by atoms with van der Waals surface area (Å²) in [6, 6.07) is 3.91. The second-order valence-electron chi connectivity index (χ2n) is 8.97. The zero-order valence-corrected chi connectivity index (χ0v) is 21.5. The van der Waals surface area contributed by atoms with E-state index < -0.39 is 40.6 Å². The number of aromatic nitrogens is 1. The molecule has 1 aromatic carbocycles. The summed E-state index contributed by atoms with van der Waals surface area (Å²) in [5, 5.41) is 15.3. The van der Waals surface area contributed by atoms with Crippen molar-refractivity contribution in [3.63, 3.8) is 0 Å². The molecule has 0 spiro atoms. The molecule has 10 nitrogen and oxygen atoms in total. The Labute approximate surface area is 212 Å². The number of hydrogen-bond donors (Lipinski definition) is 4. The average Bonchev–Trinajstić information content (AvgIpc) is 2.79. The molecule has 2 rings (SSSR count). The molecule has 4 N–H and O–H groups in total. The topological polar surface area (TPSA) is 141 Å². The van der Waals surface area contributed by atoms with Gasteiger partial charge in [-0.3, -0.25) is 14.4 Å². The van der Waals surface area contributed by atoms with E-state index in [-0.39, 0.29) is 47.9 Å². The minimum atomic E-state index is -1.02. The number of hydrogen-bond acceptors (Lipinski definition) is 6. The number of nitrogens with one attached hydrogen (secondary N) is 3. The fourth-order valence-electron chi connectivity index (χ4n) is 3.20. The number of halogens is 2. The van der Waals surface area contributed by atoms with Crippen molar-refractivity contribution in [2.45, 2.75) is 46.3 Å². The summed E-state index contributed by atoms with van der Waals surface area (Å²) < 4.78 is 18.6. The van der Waals surface area contributed by atoms with Crippen molar-refractivity contribution in [2.24, 2.45) is 0 Å². The number of amides is 3. The van der Waals surface area contributed by atoms with Crippen molar-refractivity contribution >= 4 is 29.5 Å². The van der Waals surface area contributed by atoms with Crippen LogP contribution >= 0.6 is 11.6 Å². The van der Waals surface area contributed by atoms with Crippen LogP contribution in [-0.2, 0) is 17.7 Å². The molecule has 0 aliphatic heterocycles. The van der Waals surface area contributed by atoms with Crippen molar-refractivity contribution in [3.05, 3.63) is 61.8 Å². The molecule has 0 unspecified atom stereocenters. The molecule has 12 heteroatoms. The lowest BCUT2D eigenvalue weighted by Crippen LogP contribution is -2.40. The second kappa shape index (κ2) is 11.9. The summed E-state index contributed by atoms with van der Waals surface area (Å²) in [5.41, 5.74) is -1.60. The smallest absolute Gasteiger partial charge is 0.410 e. The van der Waals surface area contributed by atoms with Crippen molar-refractivity contribution in [1.82, 2.24) is 20.5 Å². The molecule has 196 valence electrons. The van der Waals surface area contributed by atoms with Gasteiger partial charge in [0.2, 0.25) is 0 Å². The maximum Gasteiger partial charge on any atom is 0.410 e. The molecular weight excluding hydrogens is 495 g/mol. The van der Waals surface area contributed by atoms with Crippen LogP contribution in [0.5, 0.6) is 5.75 Å². The second-order valence-corrected chi connectivity index (χ2v) is 9.38. The van der Waals surface area contributed by atoms with Crippen LogP contribution in [0.25, 0.3) is 0 Å². The summed E-state index contributed by atoms with van der Waals surface area (Å²) >= 11 is 5.76. The maximum absolute atomic E-state index is 13.4. The highest BCUT2D eigenvalue weighted by Gasteiger charge is 2.25. The lowest BCUT2D eigenvalue weighted by molar-refractivity contribution is 0.0299. The fourth-order valence-corrected chi connectivity index (χ4v) is 3.40. The van der Waals surface area contributed by atoms with Crippen LogP contribution in [0, 0.1) is 5.82 Å². The Hall–Kier alpha value is -3.60. The number of benzene rings is 1. The maximum atomic E-state index is 13.4. The number of ether oxygens (including phenoxy) is 1. The zero-order chi connectivity index (χ0) is 27.2. The first-order valence-corrected chi connectivity index (χ1v) is 11.6. The molecule has 3 amide bonds. The van der Waals surface area contributed by atoms with Gasteiger partial charge in [0.15, 0.2) is 5.75 Å². The summed E-state index contributed by atoms with van der Waals surface area (Å²) in [6.07, 6.45) is -0.429. The molecule has 0 radical (unpaired) electrons. The Morgan fingerprint density at radius 3 is 2.44 bits per heavy atom. The first kappa shape index (κ1) is 28.6. The van der Waals surface area contributed by atoms with Crippen LogP contribution in [0.2, 0.25) is 5.02 Å². The number of H-pyrrole nitrogens is 1. The van der Waals surface area contributed by atoms with Crippen LogP contribution < -0.4 is 16.2 Å². The lowest BCUT2D eigenvalue weighted by atomic mass is 10.0. The number of aromatic hydroxyl groups is 1. The highest BCUT2D eigenvalue weighted by atomic mass is 35.5. The van der Waals surface area contributed by atoms with Crippen molar-refractivity contribution in [2.75, 3.05) is 20.1 Å². The molecule has 2 aromatic rings. The predicted molar refractivity (Wildman–Crippen MR) is 132 cm³/mol. The molecule has 0 aliphatic rings. The summed E-state index contributed by atoms with van der Waals surface area (Å²) in [4.78, 5) is 53.6. The van der Waals surface area contributed by atoms with Gasteiger partial charge in [-0.2, -0.15) is 0 Å². The van der Waals surface area contributed by atoms with Crippen LogP contribution in [0.1, 0.15) is 59.7 Å². The molecule has 1 heterocycles. The molecule has 1 aromatic heterocycles. The van der Waals surface area contributed by atoms with Gasteiger partial charge < -0.3 is 30.4 Å². The number of carbonyl (C=O) groups is 3. The van der Waals surface area contributed by atoms with Gasteiger partial charge in [-0.25, -0.2) is 9.18 Å². The Bertz CT molecular complexity index is 1210. The van der Waals surface area contributed by atoms with E-state index in [2.05, 4.69) is 15.6 Å². The number of aromatic amines is 1. The van der Waals surface area contributed by atoms with Gasteiger partial charge in [0.1, 0.15) is 17.1 Å². The van der Waals surface area contributed by atoms with Gasteiger partial charge in [-0.15, -0.1) is 0 Å². The van der Waals surface area contributed by atoms with E-state index >= 15 is 0 Å². The van der Waals surface area contributed by atoms with E-state index in [9.17, 15) is 28.7 Å². The zero-order valence-electron chi connectivity index (χ0n) is 20.8. The van der Waals surface area contributed by atoms with Gasteiger partial charge in [0, 0.05) is 26.7 Å². The summed E-state index contributed by atoms with van der Waals surface area (Å²) in [7, 11) is 1.51. The van der Waals surface area contributed by atoms with Crippen LogP contribution in [-0.4, -0.2) is 58.6 Å². The van der Waals surface area contributed by atoms with E-state index in [0.29, 0.717) is 5.56 Å². The number of carbonyl (C=O) groups excluding carboxylic acids is 3. The Kier molecular flexibility index (Phi) is 9.46. The van der Waals surface area contributed by atoms with Crippen LogP contribution in [0.4, 0.5) is 9.18 Å². The molecule has 36 heavy (non-hydrogen) atoms. The number of nitrogens with zero attached hydrogens (tertiary/aromatic N) is 1. The summed E-state index contributed by atoms with van der Waals surface area (Å²) in [5.74, 6) is -2.93. The van der Waals surface area contributed by atoms with E-state index in [1.807, 2.05) is 0 Å². The molecular formula is C24H30ClFN4O6. The SMILES string of the molecule is CCc1c(C(=O)NCCN(C)C(=O)OC(C)(C)C)[nH]c(=O)c(O)c1C(=O)NCc1ccc(F)c(Cl)c1. The minimum absolute atomic E-state index is 0.0352. The third-order valence-electron chi connectivity index (χ3n) is 4.98. The van der Waals surface area contributed by atoms with E-state index in [1.165, 1.54) is 24.1 Å². The van der Waals surface area contributed by atoms with E-state index in [4.69, 9.17) is 16.3 Å². The largest absolute Gasteiger partial charge is 0.502 e. The molecule has 0 saturated carbocycles. The Morgan fingerprint density at radius 2 is 1.86 bits per heavy atom. The van der Waals surface area contributed by atoms with Crippen molar-refractivity contribution in [3.8, 4) is 5.75 Å². The predicted octanol–water partition coefficient (Wildman–Crippen LogP) is 2.96. The number of likely N-dealkylation sites (N-methyl/N-ethyl adjacent to an activating group) is 1. The molecule has 0 saturated heterocycles. The van der Waals surface area contributed by atoms with Crippen molar-refractivity contribution in [1.29, 1.82) is 0 Å². The molecule has 0 fully saturated rings. The van der Waals surface area contributed by atoms with Gasteiger partial charge in [-0.05, 0) is 50.5 Å². The molecule has 0 atom stereocenters. The van der Waals surface area contributed by atoms with E-state index in [1.54, 1.807) is 27.7 Å². The third kappa shape index (κ3) is 7.45. The van der Waals surface area contributed by atoms with E-state index in [0.717, 1.165) is 6.07 Å². The van der Waals surface area contributed by atoms with Gasteiger partial charge in [-0.1, -0.05) is 24.6 Å². The normalized spacial score (nSPS) is 11.1. The molecule has 0 bridgehead atoms. The third-order valence-corrected chi connectivity index (χ3v) is 5.27. The first-order valence-electron chi connectivity index (χ1n) is 11.2. The van der Waals surface area contributed by atoms with Crippen LogP contribution in [0.3, 0.4) is 0 Å². The Balaban J connectivity index is 2.17. The van der Waals surface area contributed by atoms with Crippen molar-refractivity contribution < 1.29 is 28.6 Å². The minimum Gasteiger partial charge on any atom is -0.502 e.